The molecule has 142 valence electrons. The minimum Gasteiger partial charge on any atom is -0.493 e. The van der Waals surface area contributed by atoms with E-state index in [0.29, 0.717) is 5.75 Å². The lowest BCUT2D eigenvalue weighted by atomic mass is 9.96. The van der Waals surface area contributed by atoms with Gasteiger partial charge in [0.15, 0.2) is 17.7 Å². The number of methoxy groups -OCH3 is 2. The molecule has 2 aromatic carbocycles. The van der Waals surface area contributed by atoms with Crippen LogP contribution in [0.4, 0.5) is 0 Å². The second kappa shape index (κ2) is 7.43. The quantitative estimate of drug-likeness (QED) is 0.658. The molecule has 5 nitrogen and oxygen atoms in total. The van der Waals surface area contributed by atoms with Crippen molar-refractivity contribution < 1.29 is 14.2 Å². The van der Waals surface area contributed by atoms with Crippen molar-refractivity contribution in [2.24, 2.45) is 5.10 Å². The van der Waals surface area contributed by atoms with Gasteiger partial charge < -0.3 is 14.2 Å². The van der Waals surface area contributed by atoms with E-state index in [1.807, 2.05) is 30.3 Å². The number of hydrogen-bond acceptors (Lipinski definition) is 5. The smallest absolute Gasteiger partial charge is 0.187 e. The molecule has 0 aliphatic carbocycles. The van der Waals surface area contributed by atoms with Gasteiger partial charge in [-0.3, -0.25) is 5.01 Å². The van der Waals surface area contributed by atoms with Gasteiger partial charge in [0.2, 0.25) is 0 Å². The molecule has 2 aromatic rings. The lowest BCUT2D eigenvalue weighted by Gasteiger charge is -2.38. The molecule has 2 aliphatic heterocycles. The molecule has 0 saturated carbocycles. The maximum Gasteiger partial charge on any atom is 0.187 e. The van der Waals surface area contributed by atoms with Crippen LogP contribution in [0.5, 0.6) is 17.2 Å². The molecular formula is C21H23BrN2O3. The topological polar surface area (TPSA) is 43.3 Å². The molecule has 6 heteroatoms. The molecule has 2 heterocycles. The molecule has 27 heavy (non-hydrogen) atoms. The van der Waals surface area contributed by atoms with Crippen LogP contribution in [0.1, 0.15) is 43.4 Å². The largest absolute Gasteiger partial charge is 0.493 e. The maximum absolute atomic E-state index is 6.26. The van der Waals surface area contributed by atoms with E-state index in [-0.39, 0.29) is 12.3 Å². The van der Waals surface area contributed by atoms with Gasteiger partial charge in [-0.05, 0) is 36.4 Å². The van der Waals surface area contributed by atoms with Crippen LogP contribution >= 0.6 is 15.9 Å². The Morgan fingerprint density at radius 3 is 2.70 bits per heavy atom. The highest BCUT2D eigenvalue weighted by Gasteiger charge is 2.40. The van der Waals surface area contributed by atoms with Gasteiger partial charge in [-0.2, -0.15) is 5.10 Å². The van der Waals surface area contributed by atoms with Crippen molar-refractivity contribution in [3.63, 3.8) is 0 Å². The highest BCUT2D eigenvalue weighted by molar-refractivity contribution is 9.10. The molecule has 0 N–H and O–H groups in total. The van der Waals surface area contributed by atoms with Crippen LogP contribution in [0, 0.1) is 0 Å². The minimum atomic E-state index is -0.0358. The standard InChI is InChI=1S/C21H23BrN2O3/c1-4-5-21-24-17(15-11-14(22)7-9-18(15)27-21)12-16(23-24)13-6-8-19(25-2)20(10-13)26-3/h6-11,17,21H,4-5,12H2,1-3H3/t17-,21-/m0/s1. The van der Waals surface area contributed by atoms with Gasteiger partial charge in [0.05, 0.1) is 26.0 Å². The van der Waals surface area contributed by atoms with Crippen LogP contribution < -0.4 is 14.2 Å². The summed E-state index contributed by atoms with van der Waals surface area (Å²) in [5.41, 5.74) is 3.27. The first kappa shape index (κ1) is 18.2. The fourth-order valence-electron chi connectivity index (χ4n) is 3.76. The van der Waals surface area contributed by atoms with E-state index >= 15 is 0 Å². The van der Waals surface area contributed by atoms with Crippen molar-refractivity contribution in [2.75, 3.05) is 14.2 Å². The zero-order chi connectivity index (χ0) is 19.0. The lowest BCUT2D eigenvalue weighted by molar-refractivity contribution is -0.0223. The Kier molecular flexibility index (Phi) is 5.00. The van der Waals surface area contributed by atoms with Crippen LogP contribution in [0.3, 0.4) is 0 Å². The summed E-state index contributed by atoms with van der Waals surface area (Å²) in [5.74, 6) is 2.40. The Bertz CT molecular complexity index is 884. The molecule has 0 radical (unpaired) electrons. The maximum atomic E-state index is 6.26. The molecular weight excluding hydrogens is 408 g/mol. The third-order valence-electron chi connectivity index (χ3n) is 5.08. The van der Waals surface area contributed by atoms with Crippen molar-refractivity contribution in [3.05, 3.63) is 52.0 Å². The Labute approximate surface area is 168 Å². The second-order valence-electron chi connectivity index (χ2n) is 6.76. The summed E-state index contributed by atoms with van der Waals surface area (Å²) >= 11 is 3.59. The molecule has 4 rings (SSSR count). The highest BCUT2D eigenvalue weighted by atomic mass is 79.9. The van der Waals surface area contributed by atoms with E-state index < -0.39 is 0 Å². The van der Waals surface area contributed by atoms with E-state index in [0.717, 1.165) is 46.5 Å². The third-order valence-corrected chi connectivity index (χ3v) is 5.58. The Morgan fingerprint density at radius 1 is 1.15 bits per heavy atom. The molecule has 2 atom stereocenters. The molecule has 0 saturated heterocycles. The van der Waals surface area contributed by atoms with Crippen LogP contribution in [0.15, 0.2) is 46.0 Å². The fraction of sp³-hybridized carbons (Fsp3) is 0.381. The summed E-state index contributed by atoms with van der Waals surface area (Å²) in [4.78, 5) is 0. The van der Waals surface area contributed by atoms with E-state index in [2.05, 4.69) is 33.9 Å². The van der Waals surface area contributed by atoms with Crippen molar-refractivity contribution >= 4 is 21.6 Å². The molecule has 0 spiro atoms. The first-order valence-electron chi connectivity index (χ1n) is 9.19. The fourth-order valence-corrected chi connectivity index (χ4v) is 4.14. The molecule has 2 aliphatic rings. The summed E-state index contributed by atoms with van der Waals surface area (Å²) in [7, 11) is 3.30. The first-order chi connectivity index (χ1) is 13.1. The Hall–Kier alpha value is -2.21. The van der Waals surface area contributed by atoms with Gasteiger partial charge in [0.25, 0.3) is 0 Å². The Balaban J connectivity index is 1.71. The SMILES string of the molecule is CCC[C@@H]1Oc2ccc(Br)cc2[C@@H]2CC(c3ccc(OC)c(OC)c3)=NN12. The number of benzene rings is 2. The summed E-state index contributed by atoms with van der Waals surface area (Å²) in [6.45, 7) is 2.17. The van der Waals surface area contributed by atoms with Gasteiger partial charge in [-0.15, -0.1) is 0 Å². The van der Waals surface area contributed by atoms with Gasteiger partial charge in [0.1, 0.15) is 5.75 Å². The average molecular weight is 431 g/mol. The number of fused-ring (bicyclic) bond motifs is 3. The molecule has 0 bridgehead atoms. The second-order valence-corrected chi connectivity index (χ2v) is 7.68. The predicted octanol–water partition coefficient (Wildman–Crippen LogP) is 5.14. The lowest BCUT2D eigenvalue weighted by Crippen LogP contribution is -2.40. The van der Waals surface area contributed by atoms with E-state index in [1.54, 1.807) is 14.2 Å². The summed E-state index contributed by atoms with van der Waals surface area (Å²) in [6.07, 6.45) is 2.78. The van der Waals surface area contributed by atoms with Gasteiger partial charge in [0, 0.05) is 28.4 Å². The molecule has 0 aromatic heterocycles. The highest BCUT2D eigenvalue weighted by Crippen LogP contribution is 2.45. The van der Waals surface area contributed by atoms with Crippen molar-refractivity contribution in [1.29, 1.82) is 0 Å². The number of halogens is 1. The number of ether oxygens (including phenoxy) is 3. The summed E-state index contributed by atoms with van der Waals surface area (Å²) < 4.78 is 18.1. The van der Waals surface area contributed by atoms with Crippen molar-refractivity contribution in [2.45, 2.75) is 38.5 Å². The third kappa shape index (κ3) is 3.27. The summed E-state index contributed by atoms with van der Waals surface area (Å²) in [5, 5.41) is 7.08. The molecule has 0 amide bonds. The van der Waals surface area contributed by atoms with E-state index in [1.165, 1.54) is 5.56 Å². The van der Waals surface area contributed by atoms with E-state index in [4.69, 9.17) is 19.3 Å². The average Bonchev–Trinajstić information content (AvgIpc) is 3.14. The monoisotopic (exact) mass is 430 g/mol. The van der Waals surface area contributed by atoms with Crippen molar-refractivity contribution in [1.82, 2.24) is 5.01 Å². The summed E-state index contributed by atoms with van der Waals surface area (Å²) in [6, 6.07) is 12.4. The minimum absolute atomic E-state index is 0.0358. The number of hydrogen-bond donors (Lipinski definition) is 0. The molecule has 0 unspecified atom stereocenters. The van der Waals surface area contributed by atoms with Crippen LogP contribution in [-0.4, -0.2) is 31.2 Å². The van der Waals surface area contributed by atoms with Gasteiger partial charge in [-0.25, -0.2) is 0 Å². The normalized spacial score (nSPS) is 20.4. The van der Waals surface area contributed by atoms with Crippen molar-refractivity contribution in [3.8, 4) is 17.2 Å². The number of rotatable bonds is 5. The zero-order valence-electron chi connectivity index (χ0n) is 15.7. The van der Waals surface area contributed by atoms with Gasteiger partial charge >= 0.3 is 0 Å². The first-order valence-corrected chi connectivity index (χ1v) is 9.98. The number of hydrazone groups is 1. The molecule has 0 fully saturated rings. The van der Waals surface area contributed by atoms with Crippen LogP contribution in [0.2, 0.25) is 0 Å². The van der Waals surface area contributed by atoms with E-state index in [9.17, 15) is 0 Å². The van der Waals surface area contributed by atoms with Crippen LogP contribution in [-0.2, 0) is 0 Å². The zero-order valence-corrected chi connectivity index (χ0v) is 17.3. The Morgan fingerprint density at radius 2 is 1.96 bits per heavy atom. The predicted molar refractivity (Wildman–Crippen MR) is 109 cm³/mol. The van der Waals surface area contributed by atoms with Crippen LogP contribution in [0.25, 0.3) is 0 Å². The van der Waals surface area contributed by atoms with Gasteiger partial charge in [-0.1, -0.05) is 29.3 Å². The number of nitrogens with zero attached hydrogens (tertiary/aromatic N) is 2.